The van der Waals surface area contributed by atoms with Crippen LogP contribution >= 0.6 is 0 Å². The number of benzene rings is 1. The van der Waals surface area contributed by atoms with E-state index in [0.717, 1.165) is 19.1 Å². The lowest BCUT2D eigenvalue weighted by atomic mass is 9.88. The molecule has 1 amide bonds. The largest absolute Gasteiger partial charge is 0.481 e. The maximum absolute atomic E-state index is 13.1. The van der Waals surface area contributed by atoms with Crippen molar-refractivity contribution in [3.05, 3.63) is 35.6 Å². The topological polar surface area (TPSA) is 66.4 Å². The predicted molar refractivity (Wildman–Crippen MR) is 60.2 cm³/mol. The van der Waals surface area contributed by atoms with Crippen LogP contribution in [0.3, 0.4) is 0 Å². The number of amides is 1. The van der Waals surface area contributed by atoms with Gasteiger partial charge in [-0.2, -0.15) is 13.2 Å². The number of carboxylic acids is 1. The molecule has 0 saturated carbocycles. The maximum atomic E-state index is 13.1. The average Bonchev–Trinajstić information content (AvgIpc) is 2.26. The molecule has 0 aromatic heterocycles. The zero-order valence-corrected chi connectivity index (χ0v) is 10.3. The summed E-state index contributed by atoms with van der Waals surface area (Å²) in [5.41, 5.74) is -1.95. The van der Waals surface area contributed by atoms with Crippen molar-refractivity contribution in [3.63, 3.8) is 0 Å². The van der Waals surface area contributed by atoms with Crippen LogP contribution in [-0.4, -0.2) is 23.2 Å². The van der Waals surface area contributed by atoms with Gasteiger partial charge < -0.3 is 10.4 Å². The summed E-state index contributed by atoms with van der Waals surface area (Å²) in [7, 11) is 0. The number of aliphatic carboxylic acids is 1. The smallest absolute Gasteiger partial charge is 0.471 e. The number of halogens is 4. The third-order valence-electron chi connectivity index (χ3n) is 2.61. The zero-order valence-electron chi connectivity index (χ0n) is 10.3. The van der Waals surface area contributed by atoms with Crippen LogP contribution in [0, 0.1) is 5.82 Å². The van der Waals surface area contributed by atoms with Gasteiger partial charge >= 0.3 is 18.1 Å². The van der Waals surface area contributed by atoms with Crippen LogP contribution in [-0.2, 0) is 15.1 Å². The summed E-state index contributed by atoms with van der Waals surface area (Å²) < 4.78 is 50.0. The van der Waals surface area contributed by atoms with E-state index in [1.54, 1.807) is 5.32 Å². The standard InChI is InChI=1S/C12H11F4NO3/c1-11(6-9(18)19,17-10(20)12(14,15)16)7-3-2-4-8(13)5-7/h2-5H,6H2,1H3,(H,17,20)(H,18,19). The summed E-state index contributed by atoms with van der Waals surface area (Å²) in [6, 6.07) is 4.38. The van der Waals surface area contributed by atoms with Crippen LogP contribution < -0.4 is 5.32 Å². The minimum atomic E-state index is -5.16. The van der Waals surface area contributed by atoms with E-state index in [1.165, 1.54) is 12.1 Å². The van der Waals surface area contributed by atoms with E-state index in [1.807, 2.05) is 0 Å². The summed E-state index contributed by atoms with van der Waals surface area (Å²) >= 11 is 0. The lowest BCUT2D eigenvalue weighted by molar-refractivity contribution is -0.176. The minimum absolute atomic E-state index is 0.0718. The van der Waals surface area contributed by atoms with Gasteiger partial charge in [0.25, 0.3) is 0 Å². The highest BCUT2D eigenvalue weighted by Crippen LogP contribution is 2.27. The first-order valence-electron chi connectivity index (χ1n) is 5.42. The van der Waals surface area contributed by atoms with Crippen LogP contribution in [0.5, 0.6) is 0 Å². The molecule has 0 radical (unpaired) electrons. The van der Waals surface area contributed by atoms with E-state index >= 15 is 0 Å². The van der Waals surface area contributed by atoms with Gasteiger partial charge in [-0.15, -0.1) is 0 Å². The molecule has 0 fully saturated rings. The Balaban J connectivity index is 3.16. The Hall–Kier alpha value is -2.12. The predicted octanol–water partition coefficient (Wildman–Crippen LogP) is 2.19. The minimum Gasteiger partial charge on any atom is -0.481 e. The molecule has 110 valence electrons. The first-order valence-corrected chi connectivity index (χ1v) is 5.42. The molecule has 1 atom stereocenters. The fourth-order valence-corrected chi connectivity index (χ4v) is 1.67. The Bertz CT molecular complexity index is 530. The van der Waals surface area contributed by atoms with Gasteiger partial charge in [0.1, 0.15) is 5.82 Å². The van der Waals surface area contributed by atoms with Crippen molar-refractivity contribution in [1.29, 1.82) is 0 Å². The quantitative estimate of drug-likeness (QED) is 0.836. The number of nitrogens with one attached hydrogen (secondary N) is 1. The molecule has 4 nitrogen and oxygen atoms in total. The molecule has 0 aliphatic rings. The molecule has 0 aliphatic heterocycles. The molecule has 0 aliphatic carbocycles. The number of carboxylic acid groups (broad SMARTS) is 1. The second kappa shape index (κ2) is 5.48. The Morgan fingerprint density at radius 1 is 1.30 bits per heavy atom. The highest BCUT2D eigenvalue weighted by Gasteiger charge is 2.43. The van der Waals surface area contributed by atoms with Crippen molar-refractivity contribution in [2.45, 2.75) is 25.1 Å². The van der Waals surface area contributed by atoms with Crippen LogP contribution in [0.25, 0.3) is 0 Å². The van der Waals surface area contributed by atoms with Crippen molar-refractivity contribution in [2.24, 2.45) is 0 Å². The van der Waals surface area contributed by atoms with Crippen molar-refractivity contribution in [2.75, 3.05) is 0 Å². The molecule has 1 rings (SSSR count). The number of carbonyl (C=O) groups is 2. The molecule has 2 N–H and O–H groups in total. The third kappa shape index (κ3) is 3.94. The first-order chi connectivity index (χ1) is 9.04. The van der Waals surface area contributed by atoms with Gasteiger partial charge in [-0.1, -0.05) is 12.1 Å². The summed E-state index contributed by atoms with van der Waals surface area (Å²) in [4.78, 5) is 21.8. The molecule has 0 heterocycles. The second-order valence-electron chi connectivity index (χ2n) is 4.36. The molecule has 1 aromatic rings. The van der Waals surface area contributed by atoms with Gasteiger partial charge in [0.2, 0.25) is 0 Å². The average molecular weight is 293 g/mol. The Morgan fingerprint density at radius 3 is 2.35 bits per heavy atom. The van der Waals surface area contributed by atoms with Crippen molar-refractivity contribution < 1.29 is 32.3 Å². The Labute approximate surface area is 111 Å². The van der Waals surface area contributed by atoms with Crippen LogP contribution in [0.4, 0.5) is 17.6 Å². The first kappa shape index (κ1) is 15.9. The van der Waals surface area contributed by atoms with Gasteiger partial charge in [0.15, 0.2) is 0 Å². The lowest BCUT2D eigenvalue weighted by Crippen LogP contribution is -2.50. The molecular formula is C12H11F4NO3. The van der Waals surface area contributed by atoms with E-state index in [2.05, 4.69) is 0 Å². The van der Waals surface area contributed by atoms with Gasteiger partial charge in [-0.05, 0) is 24.6 Å². The van der Waals surface area contributed by atoms with E-state index in [4.69, 9.17) is 5.11 Å². The summed E-state index contributed by atoms with van der Waals surface area (Å²) in [6.07, 6.45) is -5.98. The van der Waals surface area contributed by atoms with Gasteiger partial charge in [-0.3, -0.25) is 9.59 Å². The molecule has 0 spiro atoms. The normalized spacial score (nSPS) is 14.4. The van der Waals surface area contributed by atoms with Crippen LogP contribution in [0.2, 0.25) is 0 Å². The number of carbonyl (C=O) groups excluding carboxylic acids is 1. The fourth-order valence-electron chi connectivity index (χ4n) is 1.67. The molecule has 0 saturated heterocycles. The molecule has 1 aromatic carbocycles. The van der Waals surface area contributed by atoms with Crippen LogP contribution in [0.15, 0.2) is 24.3 Å². The van der Waals surface area contributed by atoms with E-state index in [-0.39, 0.29) is 5.56 Å². The van der Waals surface area contributed by atoms with Crippen LogP contribution in [0.1, 0.15) is 18.9 Å². The van der Waals surface area contributed by atoms with Gasteiger partial charge in [0.05, 0.1) is 12.0 Å². The summed E-state index contributed by atoms with van der Waals surface area (Å²) in [5.74, 6) is -4.47. The molecule has 20 heavy (non-hydrogen) atoms. The molecular weight excluding hydrogens is 282 g/mol. The number of hydrogen-bond donors (Lipinski definition) is 2. The zero-order chi connectivity index (χ0) is 15.6. The Kier molecular flexibility index (Phi) is 4.36. The number of alkyl halides is 3. The molecule has 0 bridgehead atoms. The fraction of sp³-hybridized carbons (Fsp3) is 0.333. The second-order valence-corrected chi connectivity index (χ2v) is 4.36. The Morgan fingerprint density at radius 2 is 1.90 bits per heavy atom. The molecule has 1 unspecified atom stereocenters. The van der Waals surface area contributed by atoms with Crippen molar-refractivity contribution in [3.8, 4) is 0 Å². The number of rotatable bonds is 4. The third-order valence-corrected chi connectivity index (χ3v) is 2.61. The van der Waals surface area contributed by atoms with E-state index in [9.17, 15) is 27.2 Å². The SMILES string of the molecule is CC(CC(=O)O)(NC(=O)C(F)(F)F)c1cccc(F)c1. The maximum Gasteiger partial charge on any atom is 0.471 e. The van der Waals surface area contributed by atoms with Crippen molar-refractivity contribution >= 4 is 11.9 Å². The lowest BCUT2D eigenvalue weighted by Gasteiger charge is -2.30. The van der Waals surface area contributed by atoms with Gasteiger partial charge in [0, 0.05) is 0 Å². The van der Waals surface area contributed by atoms with Crippen molar-refractivity contribution in [1.82, 2.24) is 5.32 Å². The summed E-state index contributed by atoms with van der Waals surface area (Å²) in [5, 5.41) is 10.4. The monoisotopic (exact) mass is 293 g/mol. The van der Waals surface area contributed by atoms with E-state index < -0.39 is 35.8 Å². The molecule has 8 heteroatoms. The number of hydrogen-bond acceptors (Lipinski definition) is 2. The highest BCUT2D eigenvalue weighted by atomic mass is 19.4. The highest BCUT2D eigenvalue weighted by molar-refractivity contribution is 5.83. The van der Waals surface area contributed by atoms with Gasteiger partial charge in [-0.25, -0.2) is 4.39 Å². The van der Waals surface area contributed by atoms with E-state index in [0.29, 0.717) is 0 Å². The summed E-state index contributed by atoms with van der Waals surface area (Å²) in [6.45, 7) is 1.08.